The van der Waals surface area contributed by atoms with Crippen LogP contribution in [-0.2, 0) is 9.53 Å². The molecular formula is C30H31N3O3. The first-order chi connectivity index (χ1) is 17.6. The molecule has 4 aromatic rings. The Morgan fingerprint density at radius 3 is 2.44 bits per heavy atom. The number of anilines is 1. The van der Waals surface area contributed by atoms with Crippen molar-refractivity contribution in [2.24, 2.45) is 5.92 Å². The van der Waals surface area contributed by atoms with Gasteiger partial charge in [-0.25, -0.2) is 9.78 Å². The van der Waals surface area contributed by atoms with E-state index in [0.29, 0.717) is 29.7 Å². The zero-order valence-corrected chi connectivity index (χ0v) is 20.9. The van der Waals surface area contributed by atoms with Gasteiger partial charge in [0.1, 0.15) is 5.75 Å². The molecule has 3 aromatic carbocycles. The molecule has 0 spiro atoms. The number of ether oxygens (including phenoxy) is 2. The molecule has 6 heteroatoms. The van der Waals surface area contributed by atoms with E-state index in [1.807, 2.05) is 85.8 Å². The summed E-state index contributed by atoms with van der Waals surface area (Å²) >= 11 is 0. The minimum atomic E-state index is -0.423. The number of esters is 1. The van der Waals surface area contributed by atoms with Crippen molar-refractivity contribution in [3.05, 3.63) is 95.6 Å². The fourth-order valence-corrected chi connectivity index (χ4v) is 4.57. The molecule has 0 fully saturated rings. The van der Waals surface area contributed by atoms with Crippen molar-refractivity contribution in [3.8, 4) is 5.75 Å². The van der Waals surface area contributed by atoms with Gasteiger partial charge in [-0.1, -0.05) is 68.4 Å². The van der Waals surface area contributed by atoms with E-state index in [1.165, 1.54) is 0 Å². The Morgan fingerprint density at radius 1 is 1.00 bits per heavy atom. The van der Waals surface area contributed by atoms with E-state index in [4.69, 9.17) is 14.5 Å². The highest BCUT2D eigenvalue weighted by Gasteiger charge is 2.36. The number of nitrogens with zero attached hydrogens (tertiary/aromatic N) is 2. The van der Waals surface area contributed by atoms with Crippen LogP contribution < -0.4 is 10.1 Å². The number of benzene rings is 3. The van der Waals surface area contributed by atoms with Crippen molar-refractivity contribution in [2.75, 3.05) is 18.5 Å². The summed E-state index contributed by atoms with van der Waals surface area (Å²) in [6.45, 7) is 7.16. The fraction of sp³-hybridized carbons (Fsp3) is 0.267. The Hall–Kier alpha value is -4.06. The van der Waals surface area contributed by atoms with Crippen molar-refractivity contribution in [2.45, 2.75) is 33.2 Å². The molecular weight excluding hydrogens is 450 g/mol. The van der Waals surface area contributed by atoms with Gasteiger partial charge in [-0.3, -0.25) is 4.57 Å². The number of imidazole rings is 1. The summed E-state index contributed by atoms with van der Waals surface area (Å²) in [7, 11) is 0. The Balaban J connectivity index is 1.66. The molecule has 0 unspecified atom stereocenters. The maximum Gasteiger partial charge on any atom is 0.338 e. The van der Waals surface area contributed by atoms with Gasteiger partial charge >= 0.3 is 5.97 Å². The summed E-state index contributed by atoms with van der Waals surface area (Å²) in [6, 6.07) is 25.4. The minimum Gasteiger partial charge on any atom is -0.494 e. The van der Waals surface area contributed by atoms with Crippen LogP contribution in [0.4, 0.5) is 5.95 Å². The van der Waals surface area contributed by atoms with Gasteiger partial charge in [0.15, 0.2) is 0 Å². The lowest BCUT2D eigenvalue weighted by molar-refractivity contribution is -0.138. The van der Waals surface area contributed by atoms with E-state index in [0.717, 1.165) is 34.3 Å². The second-order valence-electron chi connectivity index (χ2n) is 9.30. The molecule has 0 saturated carbocycles. The summed E-state index contributed by atoms with van der Waals surface area (Å²) in [5.41, 5.74) is 4.91. The topological polar surface area (TPSA) is 65.4 Å². The molecule has 1 aromatic heterocycles. The standard InChI is InChI=1S/C30H31N3O3/c1-4-35-29(34)26-27(21-10-6-5-7-11-21)32-30-31-24-12-8-9-13-25(24)33(30)28(26)22-14-16-23(17-15-22)36-19-18-20(2)3/h5-17,20,28H,4,18-19H2,1-3H3,(H,31,32)/t28-/m0/s1. The lowest BCUT2D eigenvalue weighted by Crippen LogP contribution is -2.29. The minimum absolute atomic E-state index is 0.289. The molecule has 0 radical (unpaired) electrons. The van der Waals surface area contributed by atoms with Crippen LogP contribution in [0.3, 0.4) is 0 Å². The van der Waals surface area contributed by atoms with E-state index >= 15 is 0 Å². The number of carbonyl (C=O) groups excluding carboxylic acids is 1. The highest BCUT2D eigenvalue weighted by Crippen LogP contribution is 2.42. The van der Waals surface area contributed by atoms with Crippen LogP contribution in [0.25, 0.3) is 16.7 Å². The number of hydrogen-bond donors (Lipinski definition) is 1. The van der Waals surface area contributed by atoms with Crippen LogP contribution in [0, 0.1) is 5.92 Å². The Labute approximate surface area is 211 Å². The third-order valence-corrected chi connectivity index (χ3v) is 6.35. The van der Waals surface area contributed by atoms with E-state index in [1.54, 1.807) is 0 Å². The molecule has 36 heavy (non-hydrogen) atoms. The van der Waals surface area contributed by atoms with Crippen molar-refractivity contribution in [3.63, 3.8) is 0 Å². The number of hydrogen-bond acceptors (Lipinski definition) is 5. The average Bonchev–Trinajstić information content (AvgIpc) is 3.27. The van der Waals surface area contributed by atoms with Crippen molar-refractivity contribution >= 4 is 28.6 Å². The maximum atomic E-state index is 13.5. The lowest BCUT2D eigenvalue weighted by atomic mass is 9.92. The predicted molar refractivity (Wildman–Crippen MR) is 143 cm³/mol. The number of rotatable bonds is 8. The number of para-hydroxylation sites is 2. The molecule has 0 saturated heterocycles. The summed E-state index contributed by atoms with van der Waals surface area (Å²) in [6.07, 6.45) is 0.997. The highest BCUT2D eigenvalue weighted by molar-refractivity contribution is 6.03. The summed E-state index contributed by atoms with van der Waals surface area (Å²) in [5, 5.41) is 3.45. The third-order valence-electron chi connectivity index (χ3n) is 6.35. The molecule has 1 aliphatic heterocycles. The Kier molecular flexibility index (Phi) is 6.76. The smallest absolute Gasteiger partial charge is 0.338 e. The van der Waals surface area contributed by atoms with Crippen molar-refractivity contribution in [1.82, 2.24) is 9.55 Å². The van der Waals surface area contributed by atoms with Crippen LogP contribution in [0.2, 0.25) is 0 Å². The largest absolute Gasteiger partial charge is 0.494 e. The molecule has 184 valence electrons. The molecule has 1 atom stereocenters. The second-order valence-corrected chi connectivity index (χ2v) is 9.30. The monoisotopic (exact) mass is 481 g/mol. The maximum absolute atomic E-state index is 13.5. The zero-order valence-electron chi connectivity index (χ0n) is 20.9. The van der Waals surface area contributed by atoms with Crippen LogP contribution in [0.5, 0.6) is 5.75 Å². The first-order valence-corrected chi connectivity index (χ1v) is 12.5. The third kappa shape index (κ3) is 4.59. The fourth-order valence-electron chi connectivity index (χ4n) is 4.57. The van der Waals surface area contributed by atoms with Gasteiger partial charge in [-0.05, 0) is 54.7 Å². The number of fused-ring (bicyclic) bond motifs is 3. The van der Waals surface area contributed by atoms with E-state index in [2.05, 4.69) is 23.7 Å². The molecule has 0 bridgehead atoms. The van der Waals surface area contributed by atoms with Crippen LogP contribution in [-0.4, -0.2) is 28.7 Å². The zero-order chi connectivity index (χ0) is 25.1. The summed E-state index contributed by atoms with van der Waals surface area (Å²) in [5.74, 6) is 1.73. The molecule has 1 aliphatic rings. The second kappa shape index (κ2) is 10.3. The molecule has 1 N–H and O–H groups in total. The quantitative estimate of drug-likeness (QED) is 0.293. The first-order valence-electron chi connectivity index (χ1n) is 12.5. The van der Waals surface area contributed by atoms with Crippen molar-refractivity contribution < 1.29 is 14.3 Å². The Morgan fingerprint density at radius 2 is 1.72 bits per heavy atom. The molecule has 6 nitrogen and oxygen atoms in total. The highest BCUT2D eigenvalue weighted by atomic mass is 16.5. The number of aromatic nitrogens is 2. The van der Waals surface area contributed by atoms with Crippen LogP contribution >= 0.6 is 0 Å². The summed E-state index contributed by atoms with van der Waals surface area (Å²) < 4.78 is 13.6. The van der Waals surface area contributed by atoms with E-state index in [-0.39, 0.29) is 12.6 Å². The van der Waals surface area contributed by atoms with Gasteiger partial charge in [0, 0.05) is 0 Å². The average molecular weight is 482 g/mol. The molecule has 5 rings (SSSR count). The summed E-state index contributed by atoms with van der Waals surface area (Å²) in [4.78, 5) is 18.4. The van der Waals surface area contributed by atoms with Gasteiger partial charge in [-0.15, -0.1) is 0 Å². The first kappa shape index (κ1) is 23.7. The Bertz CT molecular complexity index is 1390. The van der Waals surface area contributed by atoms with Gasteiger partial charge in [-0.2, -0.15) is 0 Å². The number of carbonyl (C=O) groups is 1. The molecule has 2 heterocycles. The van der Waals surface area contributed by atoms with Gasteiger partial charge in [0.25, 0.3) is 0 Å². The predicted octanol–water partition coefficient (Wildman–Crippen LogP) is 6.45. The van der Waals surface area contributed by atoms with Gasteiger partial charge < -0.3 is 14.8 Å². The van der Waals surface area contributed by atoms with Gasteiger partial charge in [0.2, 0.25) is 5.95 Å². The van der Waals surface area contributed by atoms with Crippen molar-refractivity contribution in [1.29, 1.82) is 0 Å². The van der Waals surface area contributed by atoms with E-state index < -0.39 is 6.04 Å². The van der Waals surface area contributed by atoms with Gasteiger partial charge in [0.05, 0.1) is 41.6 Å². The van der Waals surface area contributed by atoms with Crippen LogP contribution in [0.15, 0.2) is 84.4 Å². The SMILES string of the molecule is CCOC(=O)C1=C(c2ccccc2)Nc2nc3ccccc3n2[C@H]1c1ccc(OCCC(C)C)cc1. The molecule has 0 amide bonds. The molecule has 0 aliphatic carbocycles. The lowest BCUT2D eigenvalue weighted by Gasteiger charge is -2.31. The number of nitrogens with one attached hydrogen (secondary N) is 1. The van der Waals surface area contributed by atoms with Crippen LogP contribution in [0.1, 0.15) is 44.4 Å². The van der Waals surface area contributed by atoms with E-state index in [9.17, 15) is 4.79 Å². The normalized spacial score (nSPS) is 15.1.